The molecule has 0 spiro atoms. The van der Waals surface area contributed by atoms with Crippen molar-refractivity contribution < 1.29 is 4.42 Å². The standard InChI is InChI=1S/C13H21NO/c1-12(2,3)14-10-13(6-7-13)9-11-5-4-8-15-11/h4-5,8,14H,6-7,9-10H2,1-3H3. The second kappa shape index (κ2) is 3.67. The maximum absolute atomic E-state index is 5.41. The average Bonchev–Trinajstić information content (AvgIpc) is 2.69. The molecule has 2 rings (SSSR count). The van der Waals surface area contributed by atoms with E-state index in [0.717, 1.165) is 18.7 Å². The lowest BCUT2D eigenvalue weighted by molar-refractivity contribution is 0.340. The van der Waals surface area contributed by atoms with Crippen LogP contribution in [0.1, 0.15) is 39.4 Å². The van der Waals surface area contributed by atoms with Crippen LogP contribution in [0.15, 0.2) is 22.8 Å². The van der Waals surface area contributed by atoms with E-state index in [1.54, 1.807) is 6.26 Å². The third-order valence-corrected chi connectivity index (χ3v) is 3.08. The molecule has 15 heavy (non-hydrogen) atoms. The zero-order valence-electron chi connectivity index (χ0n) is 9.97. The van der Waals surface area contributed by atoms with Crippen LogP contribution in [-0.2, 0) is 6.42 Å². The highest BCUT2D eigenvalue weighted by Crippen LogP contribution is 2.48. The molecule has 2 nitrogen and oxygen atoms in total. The number of hydrogen-bond acceptors (Lipinski definition) is 2. The molecule has 0 atom stereocenters. The van der Waals surface area contributed by atoms with E-state index in [0.29, 0.717) is 5.41 Å². The molecule has 0 aromatic carbocycles. The van der Waals surface area contributed by atoms with Gasteiger partial charge in [-0.1, -0.05) is 0 Å². The summed E-state index contributed by atoms with van der Waals surface area (Å²) < 4.78 is 5.41. The molecular weight excluding hydrogens is 186 g/mol. The second-order valence-corrected chi connectivity index (χ2v) is 5.86. The Hall–Kier alpha value is -0.760. The van der Waals surface area contributed by atoms with Crippen molar-refractivity contribution >= 4 is 0 Å². The molecule has 1 aromatic heterocycles. The number of rotatable bonds is 4. The van der Waals surface area contributed by atoms with E-state index in [1.165, 1.54) is 12.8 Å². The van der Waals surface area contributed by atoms with Gasteiger partial charge in [0.05, 0.1) is 6.26 Å². The van der Waals surface area contributed by atoms with Crippen LogP contribution in [0.25, 0.3) is 0 Å². The fourth-order valence-electron chi connectivity index (χ4n) is 1.83. The summed E-state index contributed by atoms with van der Waals surface area (Å²) in [6.45, 7) is 7.76. The maximum Gasteiger partial charge on any atom is 0.104 e. The van der Waals surface area contributed by atoms with E-state index in [1.807, 2.05) is 6.07 Å². The van der Waals surface area contributed by atoms with Gasteiger partial charge in [-0.25, -0.2) is 0 Å². The Labute approximate surface area is 92.1 Å². The summed E-state index contributed by atoms with van der Waals surface area (Å²) in [5.74, 6) is 1.13. The Balaban J connectivity index is 1.86. The van der Waals surface area contributed by atoms with Gasteiger partial charge in [-0.05, 0) is 51.2 Å². The molecule has 2 heteroatoms. The minimum atomic E-state index is 0.221. The molecule has 1 aliphatic carbocycles. The van der Waals surface area contributed by atoms with E-state index >= 15 is 0 Å². The Kier molecular flexibility index (Phi) is 2.63. The predicted octanol–water partition coefficient (Wildman–Crippen LogP) is 2.99. The molecule has 0 saturated heterocycles. The first-order valence-corrected chi connectivity index (χ1v) is 5.77. The summed E-state index contributed by atoms with van der Waals surface area (Å²) in [6.07, 6.45) is 5.51. The molecule has 1 N–H and O–H groups in total. The van der Waals surface area contributed by atoms with Crippen molar-refractivity contribution in [2.45, 2.75) is 45.6 Å². The van der Waals surface area contributed by atoms with Gasteiger partial charge in [0.1, 0.15) is 5.76 Å². The third-order valence-electron chi connectivity index (χ3n) is 3.08. The van der Waals surface area contributed by atoms with Crippen molar-refractivity contribution in [1.29, 1.82) is 0 Å². The summed E-state index contributed by atoms with van der Waals surface area (Å²) in [6, 6.07) is 4.06. The van der Waals surface area contributed by atoms with Gasteiger partial charge < -0.3 is 9.73 Å². The maximum atomic E-state index is 5.41. The van der Waals surface area contributed by atoms with Crippen LogP contribution in [0.3, 0.4) is 0 Å². The SMILES string of the molecule is CC(C)(C)NCC1(Cc2ccco2)CC1. The Bertz CT molecular complexity index is 304. The summed E-state index contributed by atoms with van der Waals surface area (Å²) >= 11 is 0. The van der Waals surface area contributed by atoms with Gasteiger partial charge >= 0.3 is 0 Å². The highest BCUT2D eigenvalue weighted by molar-refractivity contribution is 5.08. The number of hydrogen-bond donors (Lipinski definition) is 1. The summed E-state index contributed by atoms with van der Waals surface area (Å²) in [5.41, 5.74) is 0.698. The van der Waals surface area contributed by atoms with Crippen LogP contribution in [-0.4, -0.2) is 12.1 Å². The van der Waals surface area contributed by atoms with Crippen LogP contribution < -0.4 is 5.32 Å². The first-order chi connectivity index (χ1) is 6.99. The second-order valence-electron chi connectivity index (χ2n) is 5.86. The van der Waals surface area contributed by atoms with Crippen molar-refractivity contribution in [2.24, 2.45) is 5.41 Å². The molecule has 0 radical (unpaired) electrons. The molecular formula is C13H21NO. The lowest BCUT2D eigenvalue weighted by Crippen LogP contribution is -2.40. The van der Waals surface area contributed by atoms with Gasteiger partial charge in [0.25, 0.3) is 0 Å². The largest absolute Gasteiger partial charge is 0.469 e. The monoisotopic (exact) mass is 207 g/mol. The first kappa shape index (κ1) is 10.7. The van der Waals surface area contributed by atoms with Crippen LogP contribution in [0.5, 0.6) is 0 Å². The molecule has 0 unspecified atom stereocenters. The minimum absolute atomic E-state index is 0.221. The van der Waals surface area contributed by atoms with Crippen molar-refractivity contribution in [2.75, 3.05) is 6.54 Å². The van der Waals surface area contributed by atoms with Crippen LogP contribution in [0.4, 0.5) is 0 Å². The van der Waals surface area contributed by atoms with Crippen molar-refractivity contribution in [3.05, 3.63) is 24.2 Å². The van der Waals surface area contributed by atoms with Crippen LogP contribution in [0, 0.1) is 5.41 Å². The lowest BCUT2D eigenvalue weighted by Gasteiger charge is -2.24. The van der Waals surface area contributed by atoms with E-state index in [-0.39, 0.29) is 5.54 Å². The quantitative estimate of drug-likeness (QED) is 0.821. The summed E-state index contributed by atoms with van der Waals surface area (Å²) in [7, 11) is 0. The van der Waals surface area contributed by atoms with E-state index in [4.69, 9.17) is 4.42 Å². The fourth-order valence-corrected chi connectivity index (χ4v) is 1.83. The van der Waals surface area contributed by atoms with Gasteiger partial charge in [-0.3, -0.25) is 0 Å². The fraction of sp³-hybridized carbons (Fsp3) is 0.692. The lowest BCUT2D eigenvalue weighted by atomic mass is 9.99. The first-order valence-electron chi connectivity index (χ1n) is 5.77. The van der Waals surface area contributed by atoms with Crippen molar-refractivity contribution in [3.8, 4) is 0 Å². The van der Waals surface area contributed by atoms with E-state index in [9.17, 15) is 0 Å². The van der Waals surface area contributed by atoms with Crippen LogP contribution >= 0.6 is 0 Å². The van der Waals surface area contributed by atoms with Crippen molar-refractivity contribution in [3.63, 3.8) is 0 Å². The van der Waals surface area contributed by atoms with Gasteiger partial charge in [-0.15, -0.1) is 0 Å². The zero-order valence-corrected chi connectivity index (χ0v) is 9.97. The highest BCUT2D eigenvalue weighted by Gasteiger charge is 2.43. The normalized spacial score (nSPS) is 19.1. The molecule has 0 bridgehead atoms. The molecule has 1 aliphatic rings. The average molecular weight is 207 g/mol. The summed E-state index contributed by atoms with van der Waals surface area (Å²) in [5, 5.41) is 3.60. The topological polar surface area (TPSA) is 25.2 Å². The Morgan fingerprint density at radius 1 is 1.40 bits per heavy atom. The summed E-state index contributed by atoms with van der Waals surface area (Å²) in [4.78, 5) is 0. The third kappa shape index (κ3) is 3.10. The molecule has 0 amide bonds. The van der Waals surface area contributed by atoms with Gasteiger partial charge in [-0.2, -0.15) is 0 Å². The van der Waals surface area contributed by atoms with Gasteiger partial charge in [0.2, 0.25) is 0 Å². The molecule has 1 heterocycles. The molecule has 1 saturated carbocycles. The Morgan fingerprint density at radius 3 is 2.60 bits per heavy atom. The van der Waals surface area contributed by atoms with Gasteiger partial charge in [0, 0.05) is 18.5 Å². The number of furan rings is 1. The predicted molar refractivity (Wildman–Crippen MR) is 61.8 cm³/mol. The number of nitrogens with one attached hydrogen (secondary N) is 1. The van der Waals surface area contributed by atoms with Gasteiger partial charge in [0.15, 0.2) is 0 Å². The molecule has 1 aromatic rings. The van der Waals surface area contributed by atoms with Crippen LogP contribution in [0.2, 0.25) is 0 Å². The Morgan fingerprint density at radius 2 is 2.13 bits per heavy atom. The smallest absolute Gasteiger partial charge is 0.104 e. The zero-order chi connectivity index (χ0) is 10.9. The molecule has 84 valence electrons. The van der Waals surface area contributed by atoms with E-state index < -0.39 is 0 Å². The van der Waals surface area contributed by atoms with Crippen molar-refractivity contribution in [1.82, 2.24) is 5.32 Å². The molecule has 1 fully saturated rings. The minimum Gasteiger partial charge on any atom is -0.469 e. The molecule has 0 aliphatic heterocycles. The highest BCUT2D eigenvalue weighted by atomic mass is 16.3. The van der Waals surface area contributed by atoms with E-state index in [2.05, 4.69) is 32.2 Å².